The molecule has 4 nitrogen and oxygen atoms in total. The average molecular weight is 403 g/mol. The Bertz CT molecular complexity index is 1300. The molecule has 6 heteroatoms. The van der Waals surface area contributed by atoms with Crippen LogP contribution in [0.5, 0.6) is 0 Å². The van der Waals surface area contributed by atoms with Crippen LogP contribution in [-0.2, 0) is 6.54 Å². The minimum Gasteiger partial charge on any atom is -0.294 e. The summed E-state index contributed by atoms with van der Waals surface area (Å²) in [6.45, 7) is 1.88. The zero-order chi connectivity index (χ0) is 20.8. The molecule has 0 aliphatic heterocycles. The van der Waals surface area contributed by atoms with Crippen LogP contribution in [-0.4, -0.2) is 14.5 Å². The van der Waals surface area contributed by atoms with E-state index in [1.165, 1.54) is 41.0 Å². The fourth-order valence-corrected chi connectivity index (χ4v) is 4.31. The number of halogens is 2. The summed E-state index contributed by atoms with van der Waals surface area (Å²) in [6.07, 6.45) is 13.6. The standard InChI is InChI=1S/C24H19F2N3O/c1-14-2-3-16-8-15(4-5-18(14)16)17-9-21(25)20(22(26)10-17)12-29-13-28-23-11-27-7-6-19(23)24(29)30/h2,4-11,13,16,18H,3,12H2,1H3. The maximum absolute atomic E-state index is 14.9. The van der Waals surface area contributed by atoms with E-state index in [9.17, 15) is 13.6 Å². The molecule has 0 amide bonds. The molecular formula is C24H19F2N3O. The van der Waals surface area contributed by atoms with E-state index in [4.69, 9.17) is 0 Å². The summed E-state index contributed by atoms with van der Waals surface area (Å²) >= 11 is 0. The monoisotopic (exact) mass is 403 g/mol. The number of allylic oxidation sites excluding steroid dienone is 6. The Morgan fingerprint density at radius 1 is 1.23 bits per heavy atom. The molecule has 0 fully saturated rings. The molecule has 0 saturated heterocycles. The van der Waals surface area contributed by atoms with Crippen LogP contribution in [0.15, 0.2) is 71.6 Å². The fraction of sp³-hybridized carbons (Fsp3) is 0.208. The van der Waals surface area contributed by atoms with Crippen molar-refractivity contribution < 1.29 is 8.78 Å². The van der Waals surface area contributed by atoms with Gasteiger partial charge in [0.05, 0.1) is 30.0 Å². The smallest absolute Gasteiger partial charge is 0.261 e. The molecule has 0 radical (unpaired) electrons. The quantitative estimate of drug-likeness (QED) is 0.598. The molecule has 0 bridgehead atoms. The van der Waals surface area contributed by atoms with Gasteiger partial charge < -0.3 is 0 Å². The van der Waals surface area contributed by atoms with Crippen molar-refractivity contribution in [2.24, 2.45) is 11.8 Å². The lowest BCUT2D eigenvalue weighted by Gasteiger charge is -2.21. The van der Waals surface area contributed by atoms with Crippen LogP contribution in [0.2, 0.25) is 0 Å². The first-order chi connectivity index (χ1) is 14.5. The van der Waals surface area contributed by atoms with Gasteiger partial charge in [0.1, 0.15) is 11.6 Å². The minimum atomic E-state index is -0.677. The first kappa shape index (κ1) is 18.6. The second-order valence-electron chi connectivity index (χ2n) is 7.84. The molecule has 2 heterocycles. The molecule has 5 rings (SSSR count). The van der Waals surface area contributed by atoms with Gasteiger partial charge in [0.2, 0.25) is 0 Å². The average Bonchev–Trinajstić information content (AvgIpc) is 3.12. The highest BCUT2D eigenvalue weighted by atomic mass is 19.1. The lowest BCUT2D eigenvalue weighted by atomic mass is 9.83. The molecule has 150 valence electrons. The topological polar surface area (TPSA) is 47.8 Å². The van der Waals surface area contributed by atoms with Crippen LogP contribution < -0.4 is 5.56 Å². The Balaban J connectivity index is 1.47. The van der Waals surface area contributed by atoms with Crippen molar-refractivity contribution in [1.82, 2.24) is 14.5 Å². The fourth-order valence-electron chi connectivity index (χ4n) is 4.31. The van der Waals surface area contributed by atoms with E-state index in [1.54, 1.807) is 6.07 Å². The molecule has 0 saturated carbocycles. The number of hydrogen-bond acceptors (Lipinski definition) is 3. The predicted molar refractivity (Wildman–Crippen MR) is 112 cm³/mol. The predicted octanol–water partition coefficient (Wildman–Crippen LogP) is 4.65. The van der Waals surface area contributed by atoms with Gasteiger partial charge in [-0.05, 0) is 48.6 Å². The van der Waals surface area contributed by atoms with Gasteiger partial charge in [0.15, 0.2) is 0 Å². The van der Waals surface area contributed by atoms with Crippen LogP contribution in [0, 0.1) is 23.5 Å². The first-order valence-corrected chi connectivity index (χ1v) is 9.85. The summed E-state index contributed by atoms with van der Waals surface area (Å²) in [6, 6.07) is 4.23. The number of rotatable bonds is 3. The lowest BCUT2D eigenvalue weighted by Crippen LogP contribution is -2.22. The van der Waals surface area contributed by atoms with Crippen molar-refractivity contribution in [3.8, 4) is 0 Å². The Kier molecular flexibility index (Phi) is 4.42. The van der Waals surface area contributed by atoms with Gasteiger partial charge in [-0.2, -0.15) is 0 Å². The third-order valence-corrected chi connectivity index (χ3v) is 6.01. The Morgan fingerprint density at radius 2 is 2.03 bits per heavy atom. The SMILES string of the molecule is CC1=CCC2C=C(c3cc(F)c(Cn4cnc5cnccc5c4=O)c(F)c3)C=CC12. The van der Waals surface area contributed by atoms with Crippen LogP contribution in [0.3, 0.4) is 0 Å². The highest BCUT2D eigenvalue weighted by Crippen LogP contribution is 2.39. The molecule has 2 aliphatic carbocycles. The number of fused-ring (bicyclic) bond motifs is 2. The van der Waals surface area contributed by atoms with Gasteiger partial charge in [-0.25, -0.2) is 13.8 Å². The van der Waals surface area contributed by atoms with Crippen molar-refractivity contribution in [3.05, 3.63) is 99.9 Å². The second kappa shape index (κ2) is 7.13. The summed E-state index contributed by atoms with van der Waals surface area (Å²) in [5.41, 5.74) is 2.58. The van der Waals surface area contributed by atoms with Crippen molar-refractivity contribution in [3.63, 3.8) is 0 Å². The third kappa shape index (κ3) is 3.09. The number of nitrogens with zero attached hydrogens (tertiary/aromatic N) is 3. The number of benzene rings is 1. The van der Waals surface area contributed by atoms with E-state index >= 15 is 0 Å². The van der Waals surface area contributed by atoms with E-state index in [0.29, 0.717) is 28.3 Å². The first-order valence-electron chi connectivity index (χ1n) is 9.85. The normalized spacial score (nSPS) is 20.2. The molecule has 3 aromatic rings. The van der Waals surface area contributed by atoms with Crippen molar-refractivity contribution in [2.75, 3.05) is 0 Å². The van der Waals surface area contributed by atoms with E-state index in [2.05, 4.69) is 35.1 Å². The van der Waals surface area contributed by atoms with Crippen molar-refractivity contribution >= 4 is 16.5 Å². The third-order valence-electron chi connectivity index (χ3n) is 6.01. The second-order valence-corrected chi connectivity index (χ2v) is 7.84. The zero-order valence-electron chi connectivity index (χ0n) is 16.3. The molecule has 0 spiro atoms. The van der Waals surface area contributed by atoms with Gasteiger partial charge in [0.25, 0.3) is 5.56 Å². The van der Waals surface area contributed by atoms with Gasteiger partial charge in [-0.1, -0.05) is 29.9 Å². The van der Waals surface area contributed by atoms with E-state index in [-0.39, 0.29) is 17.7 Å². The number of pyridine rings is 1. The van der Waals surface area contributed by atoms with Crippen LogP contribution in [0.25, 0.3) is 16.5 Å². The number of hydrogen-bond donors (Lipinski definition) is 0. The maximum Gasteiger partial charge on any atom is 0.261 e. The van der Waals surface area contributed by atoms with E-state index in [1.807, 2.05) is 6.08 Å². The summed E-state index contributed by atoms with van der Waals surface area (Å²) in [4.78, 5) is 20.7. The van der Waals surface area contributed by atoms with Crippen LogP contribution >= 0.6 is 0 Å². The summed E-state index contributed by atoms with van der Waals surface area (Å²) in [5.74, 6) is -0.634. The molecule has 1 aromatic carbocycles. The largest absolute Gasteiger partial charge is 0.294 e. The van der Waals surface area contributed by atoms with E-state index < -0.39 is 11.6 Å². The minimum absolute atomic E-state index is 0.160. The summed E-state index contributed by atoms with van der Waals surface area (Å²) in [5, 5.41) is 0.359. The molecule has 2 unspecified atom stereocenters. The molecule has 2 atom stereocenters. The summed E-state index contributed by atoms with van der Waals surface area (Å²) < 4.78 is 31.0. The molecular weight excluding hydrogens is 384 g/mol. The van der Waals surface area contributed by atoms with Gasteiger partial charge in [0, 0.05) is 17.7 Å². The number of aromatic nitrogens is 3. The summed E-state index contributed by atoms with van der Waals surface area (Å²) in [7, 11) is 0. The Morgan fingerprint density at radius 3 is 2.83 bits per heavy atom. The molecule has 0 N–H and O–H groups in total. The van der Waals surface area contributed by atoms with Crippen LogP contribution in [0.1, 0.15) is 24.5 Å². The van der Waals surface area contributed by atoms with Gasteiger partial charge in [-0.15, -0.1) is 0 Å². The van der Waals surface area contributed by atoms with Crippen LogP contribution in [0.4, 0.5) is 8.78 Å². The van der Waals surface area contributed by atoms with Gasteiger partial charge in [-0.3, -0.25) is 14.3 Å². The molecule has 2 aliphatic rings. The highest BCUT2D eigenvalue weighted by Gasteiger charge is 2.26. The highest BCUT2D eigenvalue weighted by molar-refractivity contribution is 5.76. The molecule has 30 heavy (non-hydrogen) atoms. The van der Waals surface area contributed by atoms with Crippen molar-refractivity contribution in [1.29, 1.82) is 0 Å². The zero-order valence-corrected chi connectivity index (χ0v) is 16.3. The Labute approximate surface area is 171 Å². The maximum atomic E-state index is 14.9. The Hall–Kier alpha value is -3.41. The van der Waals surface area contributed by atoms with Crippen molar-refractivity contribution in [2.45, 2.75) is 19.9 Å². The van der Waals surface area contributed by atoms with Gasteiger partial charge >= 0.3 is 0 Å². The molecule has 2 aromatic heterocycles. The van der Waals surface area contributed by atoms with E-state index in [0.717, 1.165) is 12.0 Å². The lowest BCUT2D eigenvalue weighted by molar-refractivity contribution is 0.540.